The van der Waals surface area contributed by atoms with Crippen LogP contribution in [0, 0.1) is 0 Å². The topological polar surface area (TPSA) is 59.0 Å². The van der Waals surface area contributed by atoms with Gasteiger partial charge in [-0.15, -0.1) is 0 Å². The summed E-state index contributed by atoms with van der Waals surface area (Å²) in [7, 11) is -2.36. The van der Waals surface area contributed by atoms with Crippen molar-refractivity contribution in [2.24, 2.45) is 0 Å². The second-order valence-corrected chi connectivity index (χ2v) is 15.2. The van der Waals surface area contributed by atoms with Gasteiger partial charge in [0.2, 0.25) is 0 Å². The van der Waals surface area contributed by atoms with Crippen molar-refractivity contribution < 1.29 is 19.1 Å². The summed E-state index contributed by atoms with van der Waals surface area (Å²) in [4.78, 5) is 14.9. The van der Waals surface area contributed by atoms with Gasteiger partial charge in [-0.05, 0) is 41.9 Å². The van der Waals surface area contributed by atoms with E-state index in [1.807, 2.05) is 56.3 Å². The predicted octanol–water partition coefficient (Wildman–Crippen LogP) is 6.60. The molecule has 32 heavy (non-hydrogen) atoms. The molecule has 0 saturated heterocycles. The number of aliphatic hydroxyl groups excluding tert-OH is 1. The van der Waals surface area contributed by atoms with Crippen LogP contribution >= 0.6 is 0 Å². The maximum atomic E-state index is 13.3. The quantitative estimate of drug-likeness (QED) is 0.407. The Labute approximate surface area is 194 Å². The van der Waals surface area contributed by atoms with Gasteiger partial charge in [-0.1, -0.05) is 77.9 Å². The SMILES string of the molecule is CC(C)N(C[C@@H](O)COc1cccc2ccccc12)C(=O)O[Si](C(C)C)(C(C)C)C(C)C. The fourth-order valence-corrected chi connectivity index (χ4v) is 9.97. The van der Waals surface area contributed by atoms with Crippen molar-refractivity contribution in [3.63, 3.8) is 0 Å². The Hall–Kier alpha value is -2.05. The molecule has 0 radical (unpaired) electrons. The molecular weight excluding hydrogens is 418 g/mol. The maximum Gasteiger partial charge on any atom is 0.396 e. The molecule has 2 rings (SSSR count). The molecule has 0 aliphatic rings. The van der Waals surface area contributed by atoms with E-state index in [9.17, 15) is 9.90 Å². The van der Waals surface area contributed by atoms with Crippen molar-refractivity contribution in [1.29, 1.82) is 0 Å². The summed E-state index contributed by atoms with van der Waals surface area (Å²) in [5.41, 5.74) is 0.917. The Balaban J connectivity index is 2.10. The predicted molar refractivity (Wildman–Crippen MR) is 135 cm³/mol. The van der Waals surface area contributed by atoms with E-state index in [0.717, 1.165) is 16.5 Å². The van der Waals surface area contributed by atoms with Crippen LogP contribution in [0.15, 0.2) is 42.5 Å². The second-order valence-electron chi connectivity index (χ2n) is 9.87. The Kier molecular flexibility index (Phi) is 9.16. The summed E-state index contributed by atoms with van der Waals surface area (Å²) in [5.74, 6) is 0.728. The monoisotopic (exact) mass is 459 g/mol. The van der Waals surface area contributed by atoms with Crippen LogP contribution in [0.3, 0.4) is 0 Å². The van der Waals surface area contributed by atoms with Crippen LogP contribution in [0.25, 0.3) is 10.8 Å². The van der Waals surface area contributed by atoms with Gasteiger partial charge < -0.3 is 19.2 Å². The van der Waals surface area contributed by atoms with Gasteiger partial charge in [-0.2, -0.15) is 0 Å². The first kappa shape index (κ1) is 26.2. The summed E-state index contributed by atoms with van der Waals surface area (Å²) in [5, 5.41) is 12.8. The lowest BCUT2D eigenvalue weighted by Crippen LogP contribution is -2.54. The fourth-order valence-electron chi connectivity index (χ4n) is 4.85. The number of amides is 1. The summed E-state index contributed by atoms with van der Waals surface area (Å²) < 4.78 is 12.3. The lowest BCUT2D eigenvalue weighted by Gasteiger charge is -2.43. The lowest BCUT2D eigenvalue weighted by atomic mass is 10.1. The molecule has 0 fully saturated rings. The minimum Gasteiger partial charge on any atom is -0.503 e. The first-order valence-electron chi connectivity index (χ1n) is 11.8. The van der Waals surface area contributed by atoms with Gasteiger partial charge in [0.05, 0.1) is 6.54 Å². The van der Waals surface area contributed by atoms with Crippen molar-refractivity contribution in [3.8, 4) is 5.75 Å². The van der Waals surface area contributed by atoms with Crippen molar-refractivity contribution in [1.82, 2.24) is 4.90 Å². The van der Waals surface area contributed by atoms with E-state index in [0.29, 0.717) is 16.6 Å². The number of benzene rings is 2. The Morgan fingerprint density at radius 3 is 2.03 bits per heavy atom. The van der Waals surface area contributed by atoms with E-state index in [1.165, 1.54) is 0 Å². The molecule has 2 aromatic rings. The lowest BCUT2D eigenvalue weighted by molar-refractivity contribution is 0.0569. The third-order valence-electron chi connectivity index (χ3n) is 6.42. The number of ether oxygens (including phenoxy) is 1. The number of hydrogen-bond donors (Lipinski definition) is 1. The first-order chi connectivity index (χ1) is 15.0. The van der Waals surface area contributed by atoms with Crippen LogP contribution < -0.4 is 4.74 Å². The molecular formula is C26H41NO4Si. The largest absolute Gasteiger partial charge is 0.503 e. The molecule has 0 heterocycles. The molecule has 0 unspecified atom stereocenters. The zero-order valence-electron chi connectivity index (χ0n) is 21.0. The van der Waals surface area contributed by atoms with Crippen LogP contribution in [0.2, 0.25) is 16.6 Å². The van der Waals surface area contributed by atoms with Gasteiger partial charge in [0.25, 0.3) is 8.32 Å². The molecule has 1 atom stereocenters. The molecule has 1 N–H and O–H groups in total. The fraction of sp³-hybridized carbons (Fsp3) is 0.577. The summed E-state index contributed by atoms with van der Waals surface area (Å²) in [6.45, 7) is 17.1. The van der Waals surface area contributed by atoms with Crippen LogP contribution in [-0.2, 0) is 4.43 Å². The average Bonchev–Trinajstić information content (AvgIpc) is 2.73. The molecule has 5 nitrogen and oxygen atoms in total. The number of rotatable bonds is 10. The van der Waals surface area contributed by atoms with Crippen LogP contribution in [0.5, 0.6) is 5.75 Å². The maximum absolute atomic E-state index is 13.3. The van der Waals surface area contributed by atoms with Crippen molar-refractivity contribution in [3.05, 3.63) is 42.5 Å². The Morgan fingerprint density at radius 2 is 1.47 bits per heavy atom. The Morgan fingerprint density at radius 1 is 0.906 bits per heavy atom. The molecule has 0 aromatic heterocycles. The number of carbonyl (C=O) groups excluding carboxylic acids is 1. The Bertz CT molecular complexity index is 854. The third kappa shape index (κ3) is 5.84. The van der Waals surface area contributed by atoms with Crippen molar-refractivity contribution in [2.75, 3.05) is 13.2 Å². The smallest absolute Gasteiger partial charge is 0.396 e. The van der Waals surface area contributed by atoms with Crippen LogP contribution in [0.1, 0.15) is 55.4 Å². The standard InChI is InChI=1S/C26H41NO4Si/c1-18(2)27(26(29)31-32(19(3)4,20(5)6)21(7)8)16-23(28)17-30-25-15-11-13-22-12-9-10-14-24(22)25/h9-15,18-21,23,28H,16-17H2,1-8H3/t23-/m1/s1. The summed E-state index contributed by atoms with van der Waals surface area (Å²) in [6.07, 6.45) is -1.15. The summed E-state index contributed by atoms with van der Waals surface area (Å²) in [6, 6.07) is 13.8. The average molecular weight is 460 g/mol. The third-order valence-corrected chi connectivity index (χ3v) is 12.4. The molecule has 0 saturated carbocycles. The van der Waals surface area contributed by atoms with E-state index in [-0.39, 0.29) is 25.3 Å². The normalized spacial score (nSPS) is 13.3. The van der Waals surface area contributed by atoms with Gasteiger partial charge in [-0.3, -0.25) is 0 Å². The molecule has 0 bridgehead atoms. The van der Waals surface area contributed by atoms with Crippen LogP contribution in [-0.4, -0.2) is 49.7 Å². The van der Waals surface area contributed by atoms with Crippen LogP contribution in [0.4, 0.5) is 4.79 Å². The van der Waals surface area contributed by atoms with Gasteiger partial charge in [-0.25, -0.2) is 4.79 Å². The van der Waals surface area contributed by atoms with E-state index >= 15 is 0 Å². The van der Waals surface area contributed by atoms with E-state index in [1.54, 1.807) is 4.90 Å². The van der Waals surface area contributed by atoms with Crippen molar-refractivity contribution >= 4 is 25.2 Å². The molecule has 0 spiro atoms. The molecule has 0 aliphatic heterocycles. The van der Waals surface area contributed by atoms with E-state index in [2.05, 4.69) is 41.5 Å². The minimum absolute atomic E-state index is 0.0899. The van der Waals surface area contributed by atoms with E-state index < -0.39 is 14.4 Å². The van der Waals surface area contributed by atoms with Gasteiger partial charge >= 0.3 is 6.09 Å². The highest BCUT2D eigenvalue weighted by Gasteiger charge is 2.49. The van der Waals surface area contributed by atoms with Gasteiger partial charge in [0.15, 0.2) is 0 Å². The number of nitrogens with zero attached hydrogens (tertiary/aromatic N) is 1. The summed E-state index contributed by atoms with van der Waals surface area (Å²) >= 11 is 0. The first-order valence-corrected chi connectivity index (χ1v) is 13.9. The molecule has 1 amide bonds. The number of carbonyl (C=O) groups is 1. The molecule has 6 heteroatoms. The minimum atomic E-state index is -2.36. The van der Waals surface area contributed by atoms with Crippen molar-refractivity contribution in [2.45, 2.75) is 84.2 Å². The second kappa shape index (κ2) is 11.2. The highest BCUT2D eigenvalue weighted by molar-refractivity contribution is 6.78. The molecule has 0 aliphatic carbocycles. The van der Waals surface area contributed by atoms with Gasteiger partial charge in [0, 0.05) is 11.4 Å². The van der Waals surface area contributed by atoms with E-state index in [4.69, 9.17) is 9.16 Å². The molecule has 2 aromatic carbocycles. The van der Waals surface area contributed by atoms with Gasteiger partial charge in [0.1, 0.15) is 18.5 Å². The zero-order chi connectivity index (χ0) is 24.1. The molecule has 178 valence electrons. The zero-order valence-corrected chi connectivity index (χ0v) is 22.0. The highest BCUT2D eigenvalue weighted by Crippen LogP contribution is 2.42. The highest BCUT2D eigenvalue weighted by atomic mass is 28.4. The number of hydrogen-bond acceptors (Lipinski definition) is 4. The number of aliphatic hydroxyl groups is 1. The number of fused-ring (bicyclic) bond motifs is 1.